The number of aryl methyl sites for hydroxylation is 1. The summed E-state index contributed by atoms with van der Waals surface area (Å²) in [7, 11) is -0.362. The fourth-order valence-electron chi connectivity index (χ4n) is 3.66. The summed E-state index contributed by atoms with van der Waals surface area (Å²) in [5, 5.41) is 8.34. The first kappa shape index (κ1) is 24.2. The number of hydrogen-bond donors (Lipinski definition) is 1. The third-order valence-corrected chi connectivity index (χ3v) is 7.92. The Morgan fingerprint density at radius 2 is 1.97 bits per heavy atom. The lowest BCUT2D eigenvalue weighted by Gasteiger charge is -2.19. The normalized spacial score (nSPS) is 11.9. The SMILES string of the molecule is Bc1cnn2c(NCCCN(C)S(=O)(=O)c3cc(F)ccc3C)cc(-c3ccccc3Cl)nc12. The van der Waals surface area contributed by atoms with Crippen molar-refractivity contribution in [2.45, 2.75) is 18.2 Å². The minimum Gasteiger partial charge on any atom is -0.370 e. The van der Waals surface area contributed by atoms with Crippen LogP contribution in [0.2, 0.25) is 5.02 Å². The van der Waals surface area contributed by atoms with Gasteiger partial charge in [0.25, 0.3) is 0 Å². The molecule has 4 rings (SSSR count). The highest BCUT2D eigenvalue weighted by molar-refractivity contribution is 7.89. The van der Waals surface area contributed by atoms with Crippen LogP contribution in [0.4, 0.5) is 10.2 Å². The number of nitrogens with zero attached hydrogens (tertiary/aromatic N) is 4. The molecule has 0 aliphatic carbocycles. The van der Waals surface area contributed by atoms with Crippen molar-refractivity contribution in [2.75, 3.05) is 25.5 Å². The Morgan fingerprint density at radius 1 is 1.21 bits per heavy atom. The molecule has 0 radical (unpaired) electrons. The number of halogens is 2. The summed E-state index contributed by atoms with van der Waals surface area (Å²) < 4.78 is 42.4. The Morgan fingerprint density at radius 3 is 2.74 bits per heavy atom. The van der Waals surface area contributed by atoms with Crippen molar-refractivity contribution in [2.24, 2.45) is 0 Å². The maximum atomic E-state index is 13.6. The molecular weight excluding hydrogens is 476 g/mol. The number of nitrogens with one attached hydrogen (secondary N) is 1. The van der Waals surface area contributed by atoms with Crippen molar-refractivity contribution in [3.8, 4) is 11.3 Å². The molecule has 11 heteroatoms. The van der Waals surface area contributed by atoms with E-state index >= 15 is 0 Å². The molecule has 2 aromatic carbocycles. The average Bonchev–Trinajstić information content (AvgIpc) is 3.19. The van der Waals surface area contributed by atoms with Crippen molar-refractivity contribution in [3.63, 3.8) is 0 Å². The minimum absolute atomic E-state index is 0.0183. The first-order chi connectivity index (χ1) is 16.2. The zero-order valence-corrected chi connectivity index (χ0v) is 20.7. The minimum atomic E-state index is -3.79. The van der Waals surface area contributed by atoms with Gasteiger partial charge < -0.3 is 5.32 Å². The molecule has 0 spiro atoms. The Bertz CT molecular complexity index is 1460. The fraction of sp³-hybridized carbons (Fsp3) is 0.217. The van der Waals surface area contributed by atoms with Crippen molar-refractivity contribution in [1.29, 1.82) is 0 Å². The van der Waals surface area contributed by atoms with Crippen LogP contribution in [0, 0.1) is 12.7 Å². The molecule has 34 heavy (non-hydrogen) atoms. The number of sulfonamides is 1. The molecule has 2 aromatic heterocycles. The summed E-state index contributed by atoms with van der Waals surface area (Å²) in [4.78, 5) is 4.70. The lowest BCUT2D eigenvalue weighted by molar-refractivity contribution is 0.464. The number of anilines is 1. The Kier molecular flexibility index (Phi) is 6.92. The van der Waals surface area contributed by atoms with E-state index in [1.54, 1.807) is 17.6 Å². The Hall–Kier alpha value is -2.95. The van der Waals surface area contributed by atoms with Gasteiger partial charge in [0.05, 0.1) is 10.6 Å². The molecule has 0 amide bonds. The second kappa shape index (κ2) is 9.73. The summed E-state index contributed by atoms with van der Waals surface area (Å²) in [6.07, 6.45) is 2.27. The van der Waals surface area contributed by atoms with Crippen LogP contribution >= 0.6 is 11.6 Å². The van der Waals surface area contributed by atoms with Crippen LogP contribution in [0.5, 0.6) is 0 Å². The van der Waals surface area contributed by atoms with E-state index in [0.717, 1.165) is 22.9 Å². The van der Waals surface area contributed by atoms with Crippen molar-refractivity contribution >= 4 is 46.4 Å². The molecule has 4 aromatic rings. The van der Waals surface area contributed by atoms with Crippen LogP contribution in [0.25, 0.3) is 16.9 Å². The van der Waals surface area contributed by atoms with Crippen LogP contribution in [-0.2, 0) is 10.0 Å². The number of rotatable bonds is 8. The molecule has 7 nitrogen and oxygen atoms in total. The van der Waals surface area contributed by atoms with Gasteiger partial charge in [-0.2, -0.15) is 9.61 Å². The van der Waals surface area contributed by atoms with E-state index in [0.29, 0.717) is 34.9 Å². The van der Waals surface area contributed by atoms with E-state index in [-0.39, 0.29) is 11.4 Å². The summed E-state index contributed by atoms with van der Waals surface area (Å²) in [5.74, 6) is 0.143. The van der Waals surface area contributed by atoms with Gasteiger partial charge in [-0.25, -0.2) is 22.1 Å². The summed E-state index contributed by atoms with van der Waals surface area (Å²) >= 11 is 6.38. The monoisotopic (exact) mass is 499 g/mol. The van der Waals surface area contributed by atoms with Crippen LogP contribution in [0.15, 0.2) is 59.6 Å². The van der Waals surface area contributed by atoms with E-state index < -0.39 is 15.8 Å². The molecule has 2 heterocycles. The van der Waals surface area contributed by atoms with Gasteiger partial charge in [0.2, 0.25) is 10.0 Å². The summed E-state index contributed by atoms with van der Waals surface area (Å²) in [5.41, 5.74) is 3.67. The van der Waals surface area contributed by atoms with E-state index in [4.69, 9.17) is 16.6 Å². The molecule has 176 valence electrons. The molecular formula is C23H24BClFN5O2S. The number of aromatic nitrogens is 3. The number of benzene rings is 2. The van der Waals surface area contributed by atoms with Crippen LogP contribution in [0.3, 0.4) is 0 Å². The van der Waals surface area contributed by atoms with Gasteiger partial charge in [-0.3, -0.25) is 0 Å². The number of hydrogen-bond acceptors (Lipinski definition) is 5. The van der Waals surface area contributed by atoms with E-state index in [1.807, 2.05) is 38.2 Å². The first-order valence-electron chi connectivity index (χ1n) is 10.7. The summed E-state index contributed by atoms with van der Waals surface area (Å²) in [6.45, 7) is 2.40. The van der Waals surface area contributed by atoms with Gasteiger partial charge in [-0.1, -0.05) is 35.9 Å². The van der Waals surface area contributed by atoms with E-state index in [9.17, 15) is 12.8 Å². The van der Waals surface area contributed by atoms with Gasteiger partial charge in [0.1, 0.15) is 19.5 Å². The Balaban J connectivity index is 1.50. The van der Waals surface area contributed by atoms with Crippen molar-refractivity contribution < 1.29 is 12.8 Å². The quantitative estimate of drug-likeness (QED) is 0.298. The molecule has 1 N–H and O–H groups in total. The van der Waals surface area contributed by atoms with Crippen LogP contribution in [-0.4, -0.2) is 55.3 Å². The predicted molar refractivity (Wildman–Crippen MR) is 136 cm³/mol. The molecule has 0 fully saturated rings. The maximum absolute atomic E-state index is 13.6. The standard InChI is InChI=1S/C23H24BClFN5O2S/c1-15-8-9-16(26)12-21(15)34(32,33)30(2)11-5-10-27-22-13-20(17-6-3-4-7-19(17)25)29-23-18(24)14-28-31(22)23/h3-4,6-9,12-14,27H,5,10-11,24H2,1-2H3. The predicted octanol–water partition coefficient (Wildman–Crippen LogP) is 2.88. The summed E-state index contributed by atoms with van der Waals surface area (Å²) in [6, 6.07) is 13.1. The van der Waals surface area contributed by atoms with Crippen molar-refractivity contribution in [3.05, 3.63) is 71.1 Å². The third kappa shape index (κ3) is 4.80. The van der Waals surface area contributed by atoms with Gasteiger partial charge in [-0.15, -0.1) is 0 Å². The van der Waals surface area contributed by atoms with Gasteiger partial charge in [-0.05, 0) is 42.6 Å². The van der Waals surface area contributed by atoms with Crippen LogP contribution in [0.1, 0.15) is 12.0 Å². The largest absolute Gasteiger partial charge is 0.370 e. The third-order valence-electron chi connectivity index (χ3n) is 5.59. The highest BCUT2D eigenvalue weighted by atomic mass is 35.5. The molecule has 0 bridgehead atoms. The second-order valence-electron chi connectivity index (χ2n) is 8.09. The second-order valence-corrected chi connectivity index (χ2v) is 10.5. The van der Waals surface area contributed by atoms with Gasteiger partial charge >= 0.3 is 0 Å². The average molecular weight is 500 g/mol. The smallest absolute Gasteiger partial charge is 0.243 e. The highest BCUT2D eigenvalue weighted by Gasteiger charge is 2.23. The Labute approximate surface area is 204 Å². The van der Waals surface area contributed by atoms with Gasteiger partial charge in [0.15, 0.2) is 5.65 Å². The molecule has 0 saturated heterocycles. The zero-order valence-electron chi connectivity index (χ0n) is 19.1. The van der Waals surface area contributed by atoms with Gasteiger partial charge in [0, 0.05) is 43.0 Å². The number of fused-ring (bicyclic) bond motifs is 1. The van der Waals surface area contributed by atoms with Crippen molar-refractivity contribution in [1.82, 2.24) is 18.9 Å². The zero-order chi connectivity index (χ0) is 24.5. The lowest BCUT2D eigenvalue weighted by Crippen LogP contribution is -2.29. The molecule has 0 atom stereocenters. The molecule has 0 aliphatic heterocycles. The molecule has 0 aliphatic rings. The van der Waals surface area contributed by atoms with Crippen LogP contribution < -0.4 is 10.8 Å². The molecule has 0 saturated carbocycles. The van der Waals surface area contributed by atoms with E-state index in [2.05, 4.69) is 10.4 Å². The molecule has 0 unspecified atom stereocenters. The highest BCUT2D eigenvalue weighted by Crippen LogP contribution is 2.28. The van der Waals surface area contributed by atoms with E-state index in [1.165, 1.54) is 23.5 Å². The topological polar surface area (TPSA) is 79.6 Å². The first-order valence-corrected chi connectivity index (χ1v) is 12.6. The maximum Gasteiger partial charge on any atom is 0.243 e. The lowest BCUT2D eigenvalue weighted by atomic mass is 10.0. The fourth-order valence-corrected chi connectivity index (χ4v) is 5.34.